The summed E-state index contributed by atoms with van der Waals surface area (Å²) in [5, 5.41) is 12.0. The van der Waals surface area contributed by atoms with Crippen molar-refractivity contribution in [2.24, 2.45) is 5.41 Å². The van der Waals surface area contributed by atoms with Crippen molar-refractivity contribution in [2.75, 3.05) is 25.1 Å². The first-order chi connectivity index (χ1) is 9.05. The molecule has 1 fully saturated rings. The third-order valence-electron chi connectivity index (χ3n) is 3.03. The van der Waals surface area contributed by atoms with Crippen molar-refractivity contribution in [1.29, 1.82) is 0 Å². The van der Waals surface area contributed by atoms with Gasteiger partial charge in [-0.3, -0.25) is 4.79 Å². The fourth-order valence-corrected chi connectivity index (χ4v) is 1.80. The molecule has 5 heteroatoms. The Morgan fingerprint density at radius 1 is 1.42 bits per heavy atom. The van der Waals surface area contributed by atoms with Gasteiger partial charge < -0.3 is 19.9 Å². The highest BCUT2D eigenvalue weighted by Crippen LogP contribution is 2.28. The number of anilines is 1. The second-order valence-electron chi connectivity index (χ2n) is 5.08. The van der Waals surface area contributed by atoms with E-state index in [0.29, 0.717) is 5.69 Å². The number of aliphatic hydroxyl groups excluding tert-OH is 1. The molecule has 1 aliphatic heterocycles. The second kappa shape index (κ2) is 5.59. The van der Waals surface area contributed by atoms with E-state index in [-0.39, 0.29) is 31.8 Å². The highest BCUT2D eigenvalue weighted by Gasteiger charge is 2.45. The molecule has 2 rings (SSSR count). The van der Waals surface area contributed by atoms with E-state index >= 15 is 0 Å². The summed E-state index contributed by atoms with van der Waals surface area (Å²) in [5.74, 6) is 0.552. The molecule has 19 heavy (non-hydrogen) atoms. The van der Waals surface area contributed by atoms with Crippen LogP contribution in [0.3, 0.4) is 0 Å². The van der Waals surface area contributed by atoms with Crippen LogP contribution < -0.4 is 10.1 Å². The third kappa shape index (κ3) is 3.05. The number of amides is 1. The molecule has 1 aromatic rings. The zero-order chi connectivity index (χ0) is 13.9. The van der Waals surface area contributed by atoms with Gasteiger partial charge >= 0.3 is 0 Å². The van der Waals surface area contributed by atoms with E-state index in [0.717, 1.165) is 5.75 Å². The van der Waals surface area contributed by atoms with Crippen LogP contribution in [0.25, 0.3) is 0 Å². The third-order valence-corrected chi connectivity index (χ3v) is 3.03. The number of benzene rings is 1. The molecule has 1 amide bonds. The fourth-order valence-electron chi connectivity index (χ4n) is 1.80. The molecule has 1 aliphatic rings. The number of hydrogen-bond donors (Lipinski definition) is 2. The van der Waals surface area contributed by atoms with E-state index in [1.54, 1.807) is 24.3 Å². The lowest BCUT2D eigenvalue weighted by Gasteiger charge is -2.37. The molecule has 0 spiro atoms. The summed E-state index contributed by atoms with van der Waals surface area (Å²) in [7, 11) is 0. The molecule has 1 aromatic carbocycles. The van der Waals surface area contributed by atoms with Crippen molar-refractivity contribution in [1.82, 2.24) is 0 Å². The normalized spacial score (nSPS) is 16.8. The predicted octanol–water partition coefficient (Wildman–Crippen LogP) is 1.42. The van der Waals surface area contributed by atoms with Crippen LogP contribution in [0.1, 0.15) is 13.8 Å². The van der Waals surface area contributed by atoms with E-state index in [1.165, 1.54) is 0 Å². The maximum atomic E-state index is 12.0. The number of hydrogen-bond acceptors (Lipinski definition) is 4. The molecule has 0 saturated carbocycles. The van der Waals surface area contributed by atoms with Crippen LogP contribution in [0.5, 0.6) is 5.75 Å². The van der Waals surface area contributed by atoms with Crippen molar-refractivity contribution in [3.05, 3.63) is 24.3 Å². The molecule has 2 N–H and O–H groups in total. The summed E-state index contributed by atoms with van der Waals surface area (Å²) in [4.78, 5) is 12.0. The highest BCUT2D eigenvalue weighted by atomic mass is 16.5. The number of carbonyl (C=O) groups excluding carboxylic acids is 1. The maximum absolute atomic E-state index is 12.0. The first kappa shape index (κ1) is 13.8. The molecule has 0 atom stereocenters. The van der Waals surface area contributed by atoms with Gasteiger partial charge in [-0.25, -0.2) is 0 Å². The lowest BCUT2D eigenvalue weighted by molar-refractivity contribution is -0.164. The highest BCUT2D eigenvalue weighted by molar-refractivity contribution is 5.96. The Labute approximate surface area is 112 Å². The van der Waals surface area contributed by atoms with E-state index < -0.39 is 5.41 Å². The first-order valence-corrected chi connectivity index (χ1v) is 6.32. The van der Waals surface area contributed by atoms with E-state index in [4.69, 9.17) is 9.47 Å². The van der Waals surface area contributed by atoms with Gasteiger partial charge in [-0.1, -0.05) is 0 Å². The molecule has 5 nitrogen and oxygen atoms in total. The predicted molar refractivity (Wildman–Crippen MR) is 71.2 cm³/mol. The molecule has 0 unspecified atom stereocenters. The van der Waals surface area contributed by atoms with Gasteiger partial charge in [-0.15, -0.1) is 0 Å². The number of carbonyl (C=O) groups is 1. The van der Waals surface area contributed by atoms with Crippen LogP contribution in [0.2, 0.25) is 0 Å². The molecule has 104 valence electrons. The Balaban J connectivity index is 1.97. The summed E-state index contributed by atoms with van der Waals surface area (Å²) in [5.41, 5.74) is -0.103. The number of rotatable bonds is 5. The standard InChI is InChI=1S/C14H19NO4/c1-10(2)19-12-5-3-11(4-6-12)15-13(17)14(7-16)8-18-9-14/h3-6,10,16H,7-9H2,1-2H3,(H,15,17). The van der Waals surface area contributed by atoms with Gasteiger partial charge in [0.05, 0.1) is 25.9 Å². The van der Waals surface area contributed by atoms with Gasteiger partial charge in [-0.2, -0.15) is 0 Å². The monoisotopic (exact) mass is 265 g/mol. The van der Waals surface area contributed by atoms with Crippen LogP contribution in [0.4, 0.5) is 5.69 Å². The molecule has 0 radical (unpaired) electrons. The van der Waals surface area contributed by atoms with E-state index in [2.05, 4.69) is 5.32 Å². The smallest absolute Gasteiger partial charge is 0.237 e. The van der Waals surface area contributed by atoms with Gasteiger partial charge in [0, 0.05) is 5.69 Å². The van der Waals surface area contributed by atoms with E-state index in [1.807, 2.05) is 13.8 Å². The Bertz CT molecular complexity index is 432. The van der Waals surface area contributed by atoms with Crippen molar-refractivity contribution in [2.45, 2.75) is 20.0 Å². The van der Waals surface area contributed by atoms with Crippen LogP contribution in [-0.4, -0.2) is 36.9 Å². The van der Waals surface area contributed by atoms with Crippen molar-refractivity contribution < 1.29 is 19.4 Å². The summed E-state index contributed by atoms with van der Waals surface area (Å²) in [6, 6.07) is 7.16. The topological polar surface area (TPSA) is 67.8 Å². The summed E-state index contributed by atoms with van der Waals surface area (Å²) >= 11 is 0. The minimum absolute atomic E-state index is 0.116. The zero-order valence-electron chi connectivity index (χ0n) is 11.2. The van der Waals surface area contributed by atoms with E-state index in [9.17, 15) is 9.90 Å². The van der Waals surface area contributed by atoms with Gasteiger partial charge in [0.2, 0.25) is 5.91 Å². The van der Waals surface area contributed by atoms with Gasteiger partial charge in [0.15, 0.2) is 0 Å². The van der Waals surface area contributed by atoms with Crippen molar-refractivity contribution in [3.8, 4) is 5.75 Å². The zero-order valence-corrected chi connectivity index (χ0v) is 11.2. The lowest BCUT2D eigenvalue weighted by atomic mass is 9.86. The van der Waals surface area contributed by atoms with Crippen LogP contribution in [0.15, 0.2) is 24.3 Å². The van der Waals surface area contributed by atoms with Gasteiger partial charge in [-0.05, 0) is 38.1 Å². The maximum Gasteiger partial charge on any atom is 0.237 e. The molecule has 1 saturated heterocycles. The summed E-state index contributed by atoms with van der Waals surface area (Å²) < 4.78 is 10.5. The molecule has 1 heterocycles. The van der Waals surface area contributed by atoms with Gasteiger partial charge in [0.25, 0.3) is 0 Å². The minimum Gasteiger partial charge on any atom is -0.491 e. The SMILES string of the molecule is CC(C)Oc1ccc(NC(=O)C2(CO)COC2)cc1. The number of nitrogens with one attached hydrogen (secondary N) is 1. The quantitative estimate of drug-likeness (QED) is 0.845. The average Bonchev–Trinajstić information content (AvgIpc) is 2.30. The van der Waals surface area contributed by atoms with Crippen molar-refractivity contribution in [3.63, 3.8) is 0 Å². The Morgan fingerprint density at radius 3 is 2.47 bits per heavy atom. The molecular weight excluding hydrogens is 246 g/mol. The van der Waals surface area contributed by atoms with Crippen LogP contribution in [0, 0.1) is 5.41 Å². The Kier molecular flexibility index (Phi) is 4.07. The molecule has 0 bridgehead atoms. The largest absolute Gasteiger partial charge is 0.491 e. The molecular formula is C14H19NO4. The number of aliphatic hydroxyl groups is 1. The van der Waals surface area contributed by atoms with Crippen LogP contribution >= 0.6 is 0 Å². The first-order valence-electron chi connectivity index (χ1n) is 6.32. The summed E-state index contributed by atoms with van der Waals surface area (Å²) in [6.45, 7) is 4.25. The Hall–Kier alpha value is -1.59. The summed E-state index contributed by atoms with van der Waals surface area (Å²) in [6.07, 6.45) is 0.116. The Morgan fingerprint density at radius 2 is 2.05 bits per heavy atom. The van der Waals surface area contributed by atoms with Crippen LogP contribution in [-0.2, 0) is 9.53 Å². The van der Waals surface area contributed by atoms with Crippen molar-refractivity contribution >= 4 is 11.6 Å². The molecule has 0 aromatic heterocycles. The lowest BCUT2D eigenvalue weighted by Crippen LogP contribution is -2.54. The minimum atomic E-state index is -0.785. The second-order valence-corrected chi connectivity index (χ2v) is 5.08. The number of ether oxygens (including phenoxy) is 2. The van der Waals surface area contributed by atoms with Gasteiger partial charge in [0.1, 0.15) is 11.2 Å². The average molecular weight is 265 g/mol. The molecule has 0 aliphatic carbocycles. The fraction of sp³-hybridized carbons (Fsp3) is 0.500.